The zero-order valence-corrected chi connectivity index (χ0v) is 34.9. The van der Waals surface area contributed by atoms with E-state index in [1.165, 1.54) is 0 Å². The zero-order valence-electron chi connectivity index (χ0n) is 34.9. The van der Waals surface area contributed by atoms with E-state index in [1.54, 1.807) is 0 Å². The summed E-state index contributed by atoms with van der Waals surface area (Å²) >= 11 is 0. The van der Waals surface area contributed by atoms with Gasteiger partial charge in [0.25, 0.3) is 0 Å². The van der Waals surface area contributed by atoms with Crippen molar-refractivity contribution in [3.05, 3.63) is 82.5 Å². The first-order valence-electron chi connectivity index (χ1n) is 19.9. The fraction of sp³-hybridized carbons (Fsp3) is 0.391. The van der Waals surface area contributed by atoms with Gasteiger partial charge in [0.2, 0.25) is 11.8 Å². The van der Waals surface area contributed by atoms with E-state index in [2.05, 4.69) is 39.8 Å². The van der Waals surface area contributed by atoms with E-state index >= 15 is 0 Å². The molecule has 5 rings (SSSR count). The second-order valence-electron chi connectivity index (χ2n) is 16.1. The molecule has 2 aliphatic heterocycles. The molecule has 0 aromatic carbocycles. The number of rotatable bonds is 16. The van der Waals surface area contributed by atoms with Crippen LogP contribution in [-0.2, 0) is 19.2 Å². The number of allylic oxidation sites excluding steroid dienone is 4. The number of nitrogens with one attached hydrogen (secondary N) is 4. The van der Waals surface area contributed by atoms with Gasteiger partial charge in [-0.15, -0.1) is 0 Å². The van der Waals surface area contributed by atoms with Crippen LogP contribution in [0.15, 0.2) is 37.4 Å². The molecule has 8 bridgehead atoms. The highest BCUT2D eigenvalue weighted by molar-refractivity contribution is 5.98. The number of aliphatic carboxylic acids is 2. The van der Waals surface area contributed by atoms with Crippen LogP contribution in [0, 0.1) is 25.7 Å². The first-order valence-corrected chi connectivity index (χ1v) is 19.9. The molecule has 3 aromatic heterocycles. The van der Waals surface area contributed by atoms with E-state index in [0.717, 1.165) is 66.6 Å². The van der Waals surface area contributed by atoms with E-state index in [4.69, 9.17) is 9.97 Å². The molecule has 0 aliphatic carbocycles. The van der Waals surface area contributed by atoms with Gasteiger partial charge in [0, 0.05) is 46.0 Å². The van der Waals surface area contributed by atoms with Crippen LogP contribution >= 0.6 is 0 Å². The van der Waals surface area contributed by atoms with E-state index in [1.807, 2.05) is 85.7 Å². The van der Waals surface area contributed by atoms with Gasteiger partial charge < -0.3 is 30.8 Å². The first-order chi connectivity index (χ1) is 27.4. The number of amides is 2. The molecule has 306 valence electrons. The lowest BCUT2D eigenvalue weighted by Gasteiger charge is -2.16. The van der Waals surface area contributed by atoms with Crippen LogP contribution in [0.5, 0.6) is 0 Å². The van der Waals surface area contributed by atoms with E-state index in [-0.39, 0.29) is 49.3 Å². The monoisotopic (exact) mass is 788 g/mol. The lowest BCUT2D eigenvalue weighted by molar-refractivity contribution is -0.142. The average molecular weight is 789 g/mol. The van der Waals surface area contributed by atoms with Gasteiger partial charge in [0.1, 0.15) is 12.1 Å². The minimum Gasteiger partial charge on any atom is -0.480 e. The van der Waals surface area contributed by atoms with Crippen LogP contribution in [0.25, 0.3) is 56.5 Å². The Balaban J connectivity index is 1.69. The van der Waals surface area contributed by atoms with Crippen molar-refractivity contribution in [3.63, 3.8) is 0 Å². The Kier molecular flexibility index (Phi) is 13.4. The van der Waals surface area contributed by atoms with Crippen LogP contribution in [-0.4, -0.2) is 66.0 Å². The minimum absolute atomic E-state index is 0.0355. The largest absolute Gasteiger partial charge is 0.480 e. The molecule has 5 heterocycles. The van der Waals surface area contributed by atoms with Gasteiger partial charge in [-0.05, 0) is 123 Å². The highest BCUT2D eigenvalue weighted by Crippen LogP contribution is 2.38. The molecular weight excluding hydrogens is 733 g/mol. The normalized spacial score (nSPS) is 13.8. The van der Waals surface area contributed by atoms with Gasteiger partial charge >= 0.3 is 11.9 Å². The van der Waals surface area contributed by atoms with Crippen LogP contribution in [0.1, 0.15) is 125 Å². The summed E-state index contributed by atoms with van der Waals surface area (Å²) in [6.07, 6.45) is 4.90. The Labute approximate surface area is 339 Å². The zero-order chi connectivity index (χ0) is 42.6. The number of aromatic amines is 2. The van der Waals surface area contributed by atoms with Crippen LogP contribution in [0.2, 0.25) is 0 Å². The number of carboxylic acids is 2. The van der Waals surface area contributed by atoms with Crippen molar-refractivity contribution in [2.24, 2.45) is 11.8 Å². The fourth-order valence-corrected chi connectivity index (χ4v) is 7.70. The first kappa shape index (κ1) is 43.1. The average Bonchev–Trinajstić information content (AvgIpc) is 3.81. The molecule has 0 saturated heterocycles. The Hall–Kier alpha value is -6.04. The molecule has 12 nitrogen and oxygen atoms in total. The molecule has 0 spiro atoms. The number of hydrogen-bond acceptors (Lipinski definition) is 6. The number of aromatic nitrogens is 4. The van der Waals surface area contributed by atoms with Gasteiger partial charge in [0.15, 0.2) is 0 Å². The number of nitrogens with zero attached hydrogens (tertiary/aromatic N) is 2. The van der Waals surface area contributed by atoms with Crippen molar-refractivity contribution in [1.82, 2.24) is 30.6 Å². The van der Waals surface area contributed by atoms with Crippen molar-refractivity contribution < 1.29 is 29.4 Å². The van der Waals surface area contributed by atoms with Gasteiger partial charge in [-0.1, -0.05) is 53.0 Å². The molecule has 6 N–H and O–H groups in total. The number of hydrogen-bond donors (Lipinski definition) is 6. The molecule has 2 aliphatic rings. The Morgan fingerprint density at radius 2 is 1.00 bits per heavy atom. The molecule has 0 fully saturated rings. The predicted molar refractivity (Wildman–Crippen MR) is 232 cm³/mol. The number of aryl methyl sites for hydroxylation is 2. The highest BCUT2D eigenvalue weighted by Gasteiger charge is 2.26. The number of fused-ring (bicyclic) bond motifs is 8. The quantitative estimate of drug-likeness (QED) is 0.0829. The van der Waals surface area contributed by atoms with Crippen molar-refractivity contribution in [3.8, 4) is 0 Å². The molecule has 0 radical (unpaired) electrons. The molecule has 3 aromatic rings. The Morgan fingerprint density at radius 1 is 0.621 bits per heavy atom. The highest BCUT2D eigenvalue weighted by atomic mass is 16.4. The number of carbonyl (C=O) groups is 4. The van der Waals surface area contributed by atoms with Crippen molar-refractivity contribution >= 4 is 80.3 Å². The standard InChI is InChI=1S/C46H56N6O6/c1-11-29-25(7)33-19-34-27(9)31(13-15-43(53)51-41(45(55)56)17-23(3)4)39(49-34)22-40-32(14-16-44(54)52-42(46(57)58)18-24(5)6)28(10)36(50-40)21-38-30(12-2)26(8)35(48-38)20-37(29)47-33/h11-12,19-24,41-42,47-48H,1-2,13-18H2,3-10H3,(H,51,53)(H,52,54)(H,55,56)(H,57,58)/t41-,42-/m0/s1. The molecule has 2 atom stereocenters. The van der Waals surface area contributed by atoms with Gasteiger partial charge in [-0.25, -0.2) is 19.6 Å². The molecule has 0 unspecified atom stereocenters. The second kappa shape index (κ2) is 18.0. The molecule has 2 amide bonds. The molecule has 0 saturated carbocycles. The lowest BCUT2D eigenvalue weighted by atomic mass is 9.97. The fourth-order valence-electron chi connectivity index (χ4n) is 7.70. The van der Waals surface area contributed by atoms with Crippen LogP contribution < -0.4 is 10.6 Å². The third-order valence-corrected chi connectivity index (χ3v) is 10.9. The number of carbonyl (C=O) groups excluding carboxylic acids is 2. The summed E-state index contributed by atoms with van der Waals surface area (Å²) < 4.78 is 0. The topological polar surface area (TPSA) is 190 Å². The number of H-pyrrole nitrogens is 2. The van der Waals surface area contributed by atoms with Crippen molar-refractivity contribution in [2.75, 3.05) is 0 Å². The minimum atomic E-state index is -1.07. The smallest absolute Gasteiger partial charge is 0.326 e. The van der Waals surface area contributed by atoms with E-state index < -0.39 is 24.0 Å². The molecule has 58 heavy (non-hydrogen) atoms. The maximum Gasteiger partial charge on any atom is 0.326 e. The maximum atomic E-state index is 13.2. The summed E-state index contributed by atoms with van der Waals surface area (Å²) in [5.74, 6) is -2.74. The van der Waals surface area contributed by atoms with Crippen molar-refractivity contribution in [2.45, 2.75) is 106 Å². The third-order valence-electron chi connectivity index (χ3n) is 10.9. The van der Waals surface area contributed by atoms with Gasteiger partial charge in [-0.2, -0.15) is 0 Å². The van der Waals surface area contributed by atoms with Gasteiger partial charge in [-0.3, -0.25) is 9.59 Å². The summed E-state index contributed by atoms with van der Waals surface area (Å²) in [5, 5.41) is 24.9. The molecular formula is C46H56N6O6. The summed E-state index contributed by atoms with van der Waals surface area (Å²) in [6.45, 7) is 23.8. The van der Waals surface area contributed by atoms with E-state index in [0.29, 0.717) is 35.6 Å². The second-order valence-corrected chi connectivity index (χ2v) is 16.1. The third kappa shape index (κ3) is 9.55. The summed E-state index contributed by atoms with van der Waals surface area (Å²) in [6, 6.07) is 5.90. The molecule has 12 heteroatoms. The van der Waals surface area contributed by atoms with Gasteiger partial charge in [0.05, 0.1) is 22.8 Å². The van der Waals surface area contributed by atoms with Crippen LogP contribution in [0.4, 0.5) is 0 Å². The lowest BCUT2D eigenvalue weighted by Crippen LogP contribution is -2.41. The van der Waals surface area contributed by atoms with Crippen LogP contribution in [0.3, 0.4) is 0 Å². The SMILES string of the molecule is C=Cc1c(C)c2cc3[nH]c(cc4nc(cc5nc(cc1[nH]2)C(C)=C5CCC(=O)N[C@@H](CC(C)C)C(=O)O)C(CCC(=O)N[C@@H](CC(C)C)C(=O)O)=C4C)c(C)c3C=C. The maximum absolute atomic E-state index is 13.2. The van der Waals surface area contributed by atoms with Crippen molar-refractivity contribution in [1.29, 1.82) is 0 Å². The number of carboxylic acid groups (broad SMARTS) is 2. The Morgan fingerprint density at radius 3 is 1.38 bits per heavy atom. The summed E-state index contributed by atoms with van der Waals surface area (Å²) in [5.41, 5.74) is 13.2. The Bertz CT molecular complexity index is 2410. The summed E-state index contributed by atoms with van der Waals surface area (Å²) in [4.78, 5) is 67.7. The van der Waals surface area contributed by atoms with E-state index in [9.17, 15) is 29.4 Å². The predicted octanol–water partition coefficient (Wildman–Crippen LogP) is 8.87. The summed E-state index contributed by atoms with van der Waals surface area (Å²) in [7, 11) is 0.